The van der Waals surface area contributed by atoms with Crippen LogP contribution in [0.2, 0.25) is 0 Å². The van der Waals surface area contributed by atoms with Gasteiger partial charge in [-0.25, -0.2) is 9.18 Å². The number of pyridine rings is 1. The van der Waals surface area contributed by atoms with E-state index in [2.05, 4.69) is 16.0 Å². The second-order valence-electron chi connectivity index (χ2n) is 6.50. The number of benzene rings is 1. The lowest BCUT2D eigenvalue weighted by molar-refractivity contribution is -0.122. The van der Waals surface area contributed by atoms with Gasteiger partial charge in [-0.1, -0.05) is 12.1 Å². The van der Waals surface area contributed by atoms with Gasteiger partial charge in [0.15, 0.2) is 0 Å². The van der Waals surface area contributed by atoms with Gasteiger partial charge in [0.2, 0.25) is 0 Å². The smallest absolute Gasteiger partial charge is 0.338 e. The fraction of sp³-hybridized carbons (Fsp3) is 0.350. The third kappa shape index (κ3) is 6.45. The highest BCUT2D eigenvalue weighted by Gasteiger charge is 2.23. The van der Waals surface area contributed by atoms with Crippen molar-refractivity contribution < 1.29 is 24.2 Å². The summed E-state index contributed by atoms with van der Waals surface area (Å²) in [4.78, 5) is 26.0. The molecule has 1 unspecified atom stereocenters. The maximum absolute atomic E-state index is 13.5. The van der Waals surface area contributed by atoms with Crippen molar-refractivity contribution in [3.05, 3.63) is 65.2 Å². The van der Waals surface area contributed by atoms with Crippen molar-refractivity contribution >= 4 is 12.4 Å². The lowest BCUT2D eigenvalue weighted by atomic mass is 9.97. The first-order valence-electron chi connectivity index (χ1n) is 8.74. The molecular weight excluding hydrogens is 351 g/mol. The van der Waals surface area contributed by atoms with Gasteiger partial charge >= 0.3 is 5.97 Å². The summed E-state index contributed by atoms with van der Waals surface area (Å²) < 4.78 is 13.5. The molecule has 0 bridgehead atoms. The number of hydrogen-bond donors (Lipinski definition) is 2. The van der Waals surface area contributed by atoms with Crippen LogP contribution in [-0.2, 0) is 17.6 Å². The van der Waals surface area contributed by atoms with E-state index < -0.39 is 11.8 Å². The summed E-state index contributed by atoms with van der Waals surface area (Å²) in [5.41, 5.74) is 1.90. The fourth-order valence-electron chi connectivity index (χ4n) is 3.31. The normalized spacial score (nSPS) is 16.4. The molecule has 2 N–H and O–H groups in total. The van der Waals surface area contributed by atoms with Crippen LogP contribution >= 0.6 is 0 Å². The van der Waals surface area contributed by atoms with Crippen LogP contribution in [-0.4, -0.2) is 52.2 Å². The highest BCUT2D eigenvalue weighted by Crippen LogP contribution is 2.22. The Balaban J connectivity index is 0.000000817. The van der Waals surface area contributed by atoms with Crippen molar-refractivity contribution in [3.8, 4) is 0 Å². The molecule has 2 heterocycles. The van der Waals surface area contributed by atoms with Gasteiger partial charge in [0.1, 0.15) is 5.82 Å². The molecule has 1 aliphatic rings. The standard InChI is InChI=1S/C19H21FN2O2.CH2O2/c20-18-4-3-15(11-17(18)19(23)24)10-16-6-9-22(13-16)8-5-14-2-1-7-21-12-14;2-1-3/h1-4,7,11-12,16H,5-6,8-10,13H2,(H,23,24);1H,(H,2,3). The van der Waals surface area contributed by atoms with Crippen LogP contribution in [0.4, 0.5) is 4.39 Å². The minimum absolute atomic E-state index is 0.237. The van der Waals surface area contributed by atoms with E-state index in [1.165, 1.54) is 17.7 Å². The maximum atomic E-state index is 13.5. The first kappa shape index (κ1) is 20.5. The molecule has 7 heteroatoms. The van der Waals surface area contributed by atoms with Crippen molar-refractivity contribution in [3.63, 3.8) is 0 Å². The monoisotopic (exact) mass is 374 g/mol. The highest BCUT2D eigenvalue weighted by atomic mass is 19.1. The van der Waals surface area contributed by atoms with Gasteiger partial charge in [-0.2, -0.15) is 0 Å². The summed E-state index contributed by atoms with van der Waals surface area (Å²) in [6, 6.07) is 8.47. The summed E-state index contributed by atoms with van der Waals surface area (Å²) >= 11 is 0. The van der Waals surface area contributed by atoms with Crippen LogP contribution in [0.1, 0.15) is 27.9 Å². The molecule has 1 aliphatic heterocycles. The second kappa shape index (κ2) is 10.4. The average molecular weight is 374 g/mol. The van der Waals surface area contributed by atoms with E-state index in [0.29, 0.717) is 5.92 Å². The Morgan fingerprint density at radius 1 is 1.33 bits per heavy atom. The molecule has 1 aromatic carbocycles. The van der Waals surface area contributed by atoms with Crippen molar-refractivity contribution in [2.45, 2.75) is 19.3 Å². The van der Waals surface area contributed by atoms with Crippen LogP contribution in [0.25, 0.3) is 0 Å². The van der Waals surface area contributed by atoms with Gasteiger partial charge in [0.25, 0.3) is 6.47 Å². The van der Waals surface area contributed by atoms with E-state index in [1.54, 1.807) is 12.3 Å². The van der Waals surface area contributed by atoms with Crippen LogP contribution in [0.15, 0.2) is 42.7 Å². The number of rotatable bonds is 6. The first-order chi connectivity index (χ1) is 13.0. The molecular formula is C20H23FN2O4. The molecule has 144 valence electrons. The van der Waals surface area contributed by atoms with E-state index in [9.17, 15) is 9.18 Å². The van der Waals surface area contributed by atoms with Crippen LogP contribution in [0.5, 0.6) is 0 Å². The van der Waals surface area contributed by atoms with E-state index in [1.807, 2.05) is 12.3 Å². The molecule has 0 aliphatic carbocycles. The molecule has 0 radical (unpaired) electrons. The summed E-state index contributed by atoms with van der Waals surface area (Å²) in [5.74, 6) is -1.39. The number of hydrogen-bond acceptors (Lipinski definition) is 4. The molecule has 1 atom stereocenters. The minimum Gasteiger partial charge on any atom is -0.483 e. The van der Waals surface area contributed by atoms with Crippen molar-refractivity contribution in [1.82, 2.24) is 9.88 Å². The third-order valence-corrected chi connectivity index (χ3v) is 4.60. The number of aromatic nitrogens is 1. The number of carboxylic acids is 1. The lowest BCUT2D eigenvalue weighted by Crippen LogP contribution is -2.23. The zero-order valence-corrected chi connectivity index (χ0v) is 14.9. The lowest BCUT2D eigenvalue weighted by Gasteiger charge is -2.16. The summed E-state index contributed by atoms with van der Waals surface area (Å²) in [5, 5.41) is 15.9. The molecule has 2 aromatic rings. The Kier molecular flexibility index (Phi) is 7.88. The predicted octanol–water partition coefficient (Wildman–Crippen LogP) is 2.73. The molecule has 1 saturated heterocycles. The minimum atomic E-state index is -1.21. The van der Waals surface area contributed by atoms with Gasteiger partial charge in [0, 0.05) is 25.5 Å². The van der Waals surface area contributed by atoms with E-state index in [-0.39, 0.29) is 12.0 Å². The molecule has 1 fully saturated rings. The Bertz CT molecular complexity index is 755. The quantitative estimate of drug-likeness (QED) is 0.756. The molecule has 0 saturated carbocycles. The van der Waals surface area contributed by atoms with E-state index >= 15 is 0 Å². The fourth-order valence-corrected chi connectivity index (χ4v) is 3.31. The predicted molar refractivity (Wildman–Crippen MR) is 98.2 cm³/mol. The molecule has 3 rings (SSSR count). The summed E-state index contributed by atoms with van der Waals surface area (Å²) in [6.45, 7) is 2.81. The second-order valence-corrected chi connectivity index (χ2v) is 6.50. The average Bonchev–Trinajstić information content (AvgIpc) is 3.10. The maximum Gasteiger partial charge on any atom is 0.338 e. The van der Waals surface area contributed by atoms with E-state index in [4.69, 9.17) is 15.0 Å². The number of aromatic carboxylic acids is 1. The van der Waals surface area contributed by atoms with E-state index in [0.717, 1.165) is 44.5 Å². The van der Waals surface area contributed by atoms with Gasteiger partial charge in [-0.15, -0.1) is 0 Å². The zero-order chi connectivity index (χ0) is 19.6. The molecule has 0 spiro atoms. The Labute approximate surface area is 157 Å². The molecule has 1 aromatic heterocycles. The SMILES string of the molecule is O=C(O)c1cc(CC2CCN(CCc3cccnc3)C2)ccc1F.O=CO. The Morgan fingerprint density at radius 2 is 2.11 bits per heavy atom. The number of carbonyl (C=O) groups is 2. The molecule has 6 nitrogen and oxygen atoms in total. The first-order valence-corrected chi connectivity index (χ1v) is 8.74. The molecule has 0 amide bonds. The number of likely N-dealkylation sites (tertiary alicyclic amines) is 1. The van der Waals surface area contributed by atoms with Gasteiger partial charge in [-0.3, -0.25) is 9.78 Å². The Hall–Kier alpha value is -2.80. The zero-order valence-electron chi connectivity index (χ0n) is 14.9. The van der Waals surface area contributed by atoms with Crippen LogP contribution < -0.4 is 0 Å². The number of halogens is 1. The molecule has 27 heavy (non-hydrogen) atoms. The number of carboxylic acid groups (broad SMARTS) is 2. The van der Waals surface area contributed by atoms with Crippen LogP contribution in [0, 0.1) is 11.7 Å². The van der Waals surface area contributed by atoms with Gasteiger partial charge < -0.3 is 15.1 Å². The van der Waals surface area contributed by atoms with Gasteiger partial charge in [-0.05, 0) is 61.1 Å². The summed E-state index contributed by atoms with van der Waals surface area (Å²) in [6.07, 6.45) is 6.56. The van der Waals surface area contributed by atoms with Crippen molar-refractivity contribution in [2.75, 3.05) is 19.6 Å². The highest BCUT2D eigenvalue weighted by molar-refractivity contribution is 5.88. The van der Waals surface area contributed by atoms with Crippen LogP contribution in [0.3, 0.4) is 0 Å². The Morgan fingerprint density at radius 3 is 2.78 bits per heavy atom. The van der Waals surface area contributed by atoms with Crippen molar-refractivity contribution in [2.24, 2.45) is 5.92 Å². The third-order valence-electron chi connectivity index (χ3n) is 4.60. The number of nitrogens with zero attached hydrogens (tertiary/aromatic N) is 2. The topological polar surface area (TPSA) is 90.7 Å². The van der Waals surface area contributed by atoms with Crippen molar-refractivity contribution in [1.29, 1.82) is 0 Å². The van der Waals surface area contributed by atoms with Gasteiger partial charge in [0.05, 0.1) is 5.56 Å². The largest absolute Gasteiger partial charge is 0.483 e. The summed E-state index contributed by atoms with van der Waals surface area (Å²) in [7, 11) is 0.